The summed E-state index contributed by atoms with van der Waals surface area (Å²) in [4.78, 5) is 11.7. The fourth-order valence-electron chi connectivity index (χ4n) is 1.43. The molecule has 7 heteroatoms. The Balaban J connectivity index is 2.57. The average Bonchev–Trinajstić information content (AvgIpc) is 2.33. The number of rotatable bonds is 3. The van der Waals surface area contributed by atoms with Gasteiger partial charge >= 0.3 is 6.61 Å². The van der Waals surface area contributed by atoms with Gasteiger partial charge in [-0.15, -0.1) is 0 Å². The smallest absolute Gasteiger partial charge is 0.387 e. The molecular formula is C11H9F2N3O2. The van der Waals surface area contributed by atoms with Crippen molar-refractivity contribution in [2.75, 3.05) is 5.73 Å². The maximum Gasteiger partial charge on any atom is 0.387 e. The number of ether oxygens (including phenoxy) is 1. The summed E-state index contributed by atoms with van der Waals surface area (Å²) in [6.45, 7) is -2.98. The van der Waals surface area contributed by atoms with Crippen molar-refractivity contribution in [3.63, 3.8) is 0 Å². The van der Waals surface area contributed by atoms with E-state index >= 15 is 0 Å². The number of nitrogens with two attached hydrogens (primary N) is 1. The number of nitrogen functional groups attached to an aromatic ring is 1. The zero-order valence-corrected chi connectivity index (χ0v) is 9.09. The lowest BCUT2D eigenvalue weighted by Gasteiger charge is -2.11. The lowest BCUT2D eigenvalue weighted by Crippen LogP contribution is -2.24. The minimum atomic E-state index is -2.98. The molecule has 1 aromatic heterocycles. The van der Waals surface area contributed by atoms with Gasteiger partial charge in [0.15, 0.2) is 5.75 Å². The molecule has 94 valence electrons. The molecule has 0 aliphatic carbocycles. The summed E-state index contributed by atoms with van der Waals surface area (Å²) in [7, 11) is 0. The second kappa shape index (κ2) is 4.82. The minimum absolute atomic E-state index is 0.0307. The molecule has 18 heavy (non-hydrogen) atoms. The molecular weight excluding hydrogens is 244 g/mol. The Hall–Kier alpha value is -2.44. The van der Waals surface area contributed by atoms with Gasteiger partial charge < -0.3 is 10.5 Å². The highest BCUT2D eigenvalue weighted by molar-refractivity contribution is 5.47. The topological polar surface area (TPSA) is 70.1 Å². The van der Waals surface area contributed by atoms with Crippen LogP contribution in [-0.4, -0.2) is 16.4 Å². The highest BCUT2D eigenvalue weighted by atomic mass is 19.3. The van der Waals surface area contributed by atoms with Gasteiger partial charge in [-0.25, -0.2) is 0 Å². The van der Waals surface area contributed by atoms with Crippen LogP contribution >= 0.6 is 0 Å². The van der Waals surface area contributed by atoms with Gasteiger partial charge in [-0.3, -0.25) is 4.79 Å². The molecule has 0 amide bonds. The van der Waals surface area contributed by atoms with E-state index in [-0.39, 0.29) is 17.1 Å². The number of hydrogen-bond donors (Lipinski definition) is 1. The molecule has 0 atom stereocenters. The van der Waals surface area contributed by atoms with Crippen LogP contribution in [0.4, 0.5) is 14.5 Å². The molecule has 2 rings (SSSR count). The molecule has 1 heterocycles. The number of benzene rings is 1. The second-order valence-electron chi connectivity index (χ2n) is 3.35. The number of para-hydroxylation sites is 2. The van der Waals surface area contributed by atoms with Gasteiger partial charge in [0.2, 0.25) is 0 Å². The molecule has 0 fully saturated rings. The molecule has 0 unspecified atom stereocenters. The van der Waals surface area contributed by atoms with E-state index < -0.39 is 12.2 Å². The molecule has 0 bridgehead atoms. The highest BCUT2D eigenvalue weighted by Crippen LogP contribution is 2.22. The zero-order valence-electron chi connectivity index (χ0n) is 9.09. The van der Waals surface area contributed by atoms with Gasteiger partial charge in [0.25, 0.3) is 5.56 Å². The number of halogens is 2. The van der Waals surface area contributed by atoms with E-state index in [1.54, 1.807) is 6.07 Å². The van der Waals surface area contributed by atoms with Crippen LogP contribution in [0.25, 0.3) is 5.69 Å². The van der Waals surface area contributed by atoms with E-state index in [4.69, 9.17) is 5.73 Å². The Morgan fingerprint density at radius 3 is 2.72 bits per heavy atom. The average molecular weight is 253 g/mol. The summed E-state index contributed by atoms with van der Waals surface area (Å²) in [6.07, 6.45) is 1.30. The number of alkyl halides is 2. The van der Waals surface area contributed by atoms with Crippen molar-refractivity contribution >= 4 is 5.69 Å². The van der Waals surface area contributed by atoms with Gasteiger partial charge in [0.05, 0.1) is 6.20 Å². The van der Waals surface area contributed by atoms with Crippen LogP contribution in [0.15, 0.2) is 41.3 Å². The Kier molecular flexibility index (Phi) is 3.22. The first-order valence-electron chi connectivity index (χ1n) is 4.97. The largest absolute Gasteiger partial charge is 0.433 e. The number of nitrogens with zero attached hydrogens (tertiary/aromatic N) is 2. The van der Waals surface area contributed by atoms with E-state index in [0.29, 0.717) is 0 Å². The number of anilines is 1. The van der Waals surface area contributed by atoms with Crippen LogP contribution in [0.5, 0.6) is 5.75 Å². The maximum atomic E-state index is 12.2. The van der Waals surface area contributed by atoms with E-state index in [1.807, 2.05) is 0 Å². The van der Waals surface area contributed by atoms with Gasteiger partial charge in [-0.2, -0.15) is 18.6 Å². The van der Waals surface area contributed by atoms with Crippen molar-refractivity contribution < 1.29 is 13.5 Å². The summed E-state index contributed by atoms with van der Waals surface area (Å²) >= 11 is 0. The second-order valence-corrected chi connectivity index (χ2v) is 3.35. The predicted octanol–water partition coefficient (Wildman–Crippen LogP) is 1.42. The minimum Gasteiger partial charge on any atom is -0.433 e. The lowest BCUT2D eigenvalue weighted by molar-refractivity contribution is -0.0499. The van der Waals surface area contributed by atoms with Crippen LogP contribution in [-0.2, 0) is 0 Å². The molecule has 5 nitrogen and oxygen atoms in total. The molecule has 0 saturated carbocycles. The third kappa shape index (κ3) is 2.29. The van der Waals surface area contributed by atoms with Crippen LogP contribution in [0, 0.1) is 0 Å². The van der Waals surface area contributed by atoms with Gasteiger partial charge in [0.1, 0.15) is 11.4 Å². The normalized spacial score (nSPS) is 10.6. The molecule has 2 N–H and O–H groups in total. The van der Waals surface area contributed by atoms with Crippen molar-refractivity contribution in [1.82, 2.24) is 9.78 Å². The van der Waals surface area contributed by atoms with Crippen molar-refractivity contribution in [3.05, 3.63) is 46.9 Å². The fraction of sp³-hybridized carbons (Fsp3) is 0.0909. The Labute approximate surface area is 100 Å². The monoisotopic (exact) mass is 253 g/mol. The molecule has 2 aromatic rings. The summed E-state index contributed by atoms with van der Waals surface area (Å²) < 4.78 is 29.7. The highest BCUT2D eigenvalue weighted by Gasteiger charge is 2.12. The standard InChI is InChI=1S/C11H9F2N3O2/c12-11(13)18-9-4-2-1-3-8(9)16-10(17)7(14)5-6-15-16/h1-6,11H,14H2. The predicted molar refractivity (Wildman–Crippen MR) is 60.9 cm³/mol. The summed E-state index contributed by atoms with van der Waals surface area (Å²) in [6, 6.07) is 7.17. The first kappa shape index (κ1) is 12.0. The molecule has 0 saturated heterocycles. The quantitative estimate of drug-likeness (QED) is 0.898. The van der Waals surface area contributed by atoms with E-state index in [1.165, 1.54) is 30.5 Å². The number of aromatic nitrogens is 2. The first-order valence-corrected chi connectivity index (χ1v) is 4.97. The van der Waals surface area contributed by atoms with Gasteiger partial charge in [-0.05, 0) is 18.2 Å². The Morgan fingerprint density at radius 1 is 1.28 bits per heavy atom. The van der Waals surface area contributed by atoms with Gasteiger partial charge in [-0.1, -0.05) is 12.1 Å². The van der Waals surface area contributed by atoms with Crippen molar-refractivity contribution in [2.45, 2.75) is 6.61 Å². The van der Waals surface area contributed by atoms with Crippen LogP contribution in [0.2, 0.25) is 0 Å². The molecule has 0 aliphatic heterocycles. The maximum absolute atomic E-state index is 12.2. The third-order valence-corrected chi connectivity index (χ3v) is 2.19. The van der Waals surface area contributed by atoms with Crippen LogP contribution < -0.4 is 16.0 Å². The fourth-order valence-corrected chi connectivity index (χ4v) is 1.43. The van der Waals surface area contributed by atoms with Crippen molar-refractivity contribution in [2.24, 2.45) is 0 Å². The van der Waals surface area contributed by atoms with E-state index in [0.717, 1.165) is 4.68 Å². The third-order valence-electron chi connectivity index (χ3n) is 2.19. The SMILES string of the molecule is Nc1ccnn(-c2ccccc2OC(F)F)c1=O. The van der Waals surface area contributed by atoms with Crippen LogP contribution in [0.3, 0.4) is 0 Å². The Bertz CT molecular complexity index is 613. The molecule has 0 aliphatic rings. The van der Waals surface area contributed by atoms with Gasteiger partial charge in [0, 0.05) is 0 Å². The first-order chi connectivity index (χ1) is 8.59. The van der Waals surface area contributed by atoms with Crippen LogP contribution in [0.1, 0.15) is 0 Å². The zero-order chi connectivity index (χ0) is 13.1. The summed E-state index contributed by atoms with van der Waals surface area (Å²) in [5.74, 6) is -0.146. The molecule has 1 aromatic carbocycles. The summed E-state index contributed by atoms with van der Waals surface area (Å²) in [5, 5.41) is 3.78. The van der Waals surface area contributed by atoms with Crippen molar-refractivity contribution in [3.8, 4) is 11.4 Å². The lowest BCUT2D eigenvalue weighted by atomic mass is 10.3. The van der Waals surface area contributed by atoms with Crippen molar-refractivity contribution in [1.29, 1.82) is 0 Å². The molecule has 0 spiro atoms. The summed E-state index contributed by atoms with van der Waals surface area (Å²) in [5.41, 5.74) is 4.93. The Morgan fingerprint density at radius 2 is 2.00 bits per heavy atom. The molecule has 0 radical (unpaired) electrons. The van der Waals surface area contributed by atoms with E-state index in [9.17, 15) is 13.6 Å². The number of hydrogen-bond acceptors (Lipinski definition) is 4. The van der Waals surface area contributed by atoms with E-state index in [2.05, 4.69) is 9.84 Å².